The number of amides is 2. The van der Waals surface area contributed by atoms with E-state index in [1.165, 1.54) is 16.6 Å². The summed E-state index contributed by atoms with van der Waals surface area (Å²) in [5.41, 5.74) is 6.39. The number of hydrogen-bond donors (Lipinski definition) is 3. The van der Waals surface area contributed by atoms with Crippen LogP contribution in [0.5, 0.6) is 0 Å². The van der Waals surface area contributed by atoms with Crippen LogP contribution < -0.4 is 27.2 Å². The summed E-state index contributed by atoms with van der Waals surface area (Å²) >= 11 is 0. The summed E-state index contributed by atoms with van der Waals surface area (Å²) in [6, 6.07) is 15.5. The second-order valence-corrected chi connectivity index (χ2v) is 8.36. The zero-order chi connectivity index (χ0) is 24.9. The Labute approximate surface area is 201 Å². The Bertz CT molecular complexity index is 1330. The van der Waals surface area contributed by atoms with Crippen molar-refractivity contribution in [2.75, 3.05) is 36.2 Å². The maximum atomic E-state index is 13.4. The molecule has 1 saturated carbocycles. The lowest BCUT2D eigenvalue weighted by atomic mass is 10.1. The standard InChI is InChI=1S/C25H27N5O5/c1-35-14-13-29(24(33)18-9-11-19(12-10-18)27-22(31)17-7-8-17)20-21(26)30(25(34)28-23(20)32)15-16-5-3-2-4-6-16/h2-6,9-12,17H,7-8,13-15,26H2,1H3,(H,27,31)(H,28,32,34). The maximum absolute atomic E-state index is 13.4. The first-order chi connectivity index (χ1) is 16.9. The predicted molar refractivity (Wildman–Crippen MR) is 133 cm³/mol. The Hall–Kier alpha value is -4.18. The first-order valence-corrected chi connectivity index (χ1v) is 11.3. The number of carbonyl (C=O) groups excluding carboxylic acids is 2. The van der Waals surface area contributed by atoms with Gasteiger partial charge in [-0.05, 0) is 42.7 Å². The summed E-state index contributed by atoms with van der Waals surface area (Å²) in [6.45, 7) is 0.293. The van der Waals surface area contributed by atoms with Crippen molar-refractivity contribution < 1.29 is 14.3 Å². The lowest BCUT2D eigenvalue weighted by Crippen LogP contribution is -2.42. The fourth-order valence-corrected chi connectivity index (χ4v) is 3.70. The second kappa shape index (κ2) is 10.4. The van der Waals surface area contributed by atoms with Crippen molar-refractivity contribution in [3.8, 4) is 0 Å². The van der Waals surface area contributed by atoms with Crippen molar-refractivity contribution >= 4 is 29.0 Å². The van der Waals surface area contributed by atoms with Gasteiger partial charge in [0.05, 0.1) is 13.2 Å². The van der Waals surface area contributed by atoms with Crippen LogP contribution in [0.2, 0.25) is 0 Å². The largest absolute Gasteiger partial charge is 0.383 e. The highest BCUT2D eigenvalue weighted by Crippen LogP contribution is 2.30. The van der Waals surface area contributed by atoms with Gasteiger partial charge < -0.3 is 15.8 Å². The van der Waals surface area contributed by atoms with E-state index >= 15 is 0 Å². The van der Waals surface area contributed by atoms with Crippen LogP contribution in [-0.4, -0.2) is 41.6 Å². The molecule has 0 radical (unpaired) electrons. The van der Waals surface area contributed by atoms with Gasteiger partial charge in [0.2, 0.25) is 5.91 Å². The molecule has 4 N–H and O–H groups in total. The van der Waals surface area contributed by atoms with Gasteiger partial charge in [0.25, 0.3) is 11.5 Å². The number of methoxy groups -OCH3 is 1. The van der Waals surface area contributed by atoms with E-state index < -0.39 is 17.2 Å². The predicted octanol–water partition coefficient (Wildman–Crippen LogP) is 1.81. The van der Waals surface area contributed by atoms with Crippen LogP contribution in [-0.2, 0) is 16.1 Å². The van der Waals surface area contributed by atoms with Crippen molar-refractivity contribution in [3.05, 3.63) is 86.6 Å². The molecule has 1 aliphatic carbocycles. The van der Waals surface area contributed by atoms with E-state index in [9.17, 15) is 19.2 Å². The smallest absolute Gasteiger partial charge is 0.330 e. The number of anilines is 3. The van der Waals surface area contributed by atoms with Crippen LogP contribution >= 0.6 is 0 Å². The zero-order valence-corrected chi connectivity index (χ0v) is 19.3. The van der Waals surface area contributed by atoms with Crippen LogP contribution in [0.15, 0.2) is 64.2 Å². The third-order valence-electron chi connectivity index (χ3n) is 5.78. The van der Waals surface area contributed by atoms with Crippen LogP contribution in [0.3, 0.4) is 0 Å². The van der Waals surface area contributed by atoms with E-state index in [0.29, 0.717) is 5.69 Å². The molecule has 0 atom stereocenters. The molecule has 35 heavy (non-hydrogen) atoms. The van der Waals surface area contributed by atoms with E-state index in [-0.39, 0.29) is 48.6 Å². The average molecular weight is 478 g/mol. The summed E-state index contributed by atoms with van der Waals surface area (Å²) in [6.07, 6.45) is 1.78. The van der Waals surface area contributed by atoms with Crippen molar-refractivity contribution in [1.29, 1.82) is 0 Å². The van der Waals surface area contributed by atoms with Crippen LogP contribution in [0, 0.1) is 5.92 Å². The molecule has 10 heteroatoms. The third-order valence-corrected chi connectivity index (χ3v) is 5.78. The molecule has 1 fully saturated rings. The SMILES string of the molecule is COCCN(C(=O)c1ccc(NC(=O)C2CC2)cc1)c1c(N)n(Cc2ccccc2)c(=O)[nH]c1=O. The van der Waals surface area contributed by atoms with Gasteiger partial charge in [-0.3, -0.25) is 28.8 Å². The molecule has 2 amide bonds. The molecule has 10 nitrogen and oxygen atoms in total. The Morgan fingerprint density at radius 3 is 2.43 bits per heavy atom. The Morgan fingerprint density at radius 2 is 1.80 bits per heavy atom. The van der Waals surface area contributed by atoms with E-state index in [4.69, 9.17) is 10.5 Å². The highest BCUT2D eigenvalue weighted by Gasteiger charge is 2.30. The highest BCUT2D eigenvalue weighted by molar-refractivity contribution is 6.07. The lowest BCUT2D eigenvalue weighted by Gasteiger charge is -2.24. The normalized spacial score (nSPS) is 12.8. The molecule has 0 unspecified atom stereocenters. The lowest BCUT2D eigenvalue weighted by molar-refractivity contribution is -0.117. The molecule has 1 aromatic heterocycles. The van der Waals surface area contributed by atoms with Crippen molar-refractivity contribution in [1.82, 2.24) is 9.55 Å². The summed E-state index contributed by atoms with van der Waals surface area (Å²) in [4.78, 5) is 54.3. The monoisotopic (exact) mass is 477 g/mol. The topological polar surface area (TPSA) is 140 Å². The second-order valence-electron chi connectivity index (χ2n) is 8.36. The molecule has 0 saturated heterocycles. The van der Waals surface area contributed by atoms with Gasteiger partial charge in [-0.1, -0.05) is 30.3 Å². The van der Waals surface area contributed by atoms with Gasteiger partial charge in [0.15, 0.2) is 5.69 Å². The Morgan fingerprint density at radius 1 is 1.11 bits per heavy atom. The number of carbonyl (C=O) groups is 2. The number of aromatic amines is 1. The van der Waals surface area contributed by atoms with E-state index in [0.717, 1.165) is 18.4 Å². The number of nitrogens with one attached hydrogen (secondary N) is 2. The van der Waals surface area contributed by atoms with Crippen molar-refractivity contribution in [2.24, 2.45) is 5.92 Å². The summed E-state index contributed by atoms with van der Waals surface area (Å²) in [5, 5.41) is 2.82. The molecule has 1 aliphatic rings. The number of nitrogens with zero attached hydrogens (tertiary/aromatic N) is 2. The van der Waals surface area contributed by atoms with Crippen LogP contribution in [0.4, 0.5) is 17.2 Å². The maximum Gasteiger partial charge on any atom is 0.330 e. The van der Waals surface area contributed by atoms with Gasteiger partial charge in [-0.15, -0.1) is 0 Å². The van der Waals surface area contributed by atoms with Gasteiger partial charge in [-0.25, -0.2) is 4.79 Å². The minimum atomic E-state index is -0.769. The number of nitrogen functional groups attached to an aromatic ring is 1. The quantitative estimate of drug-likeness (QED) is 0.429. The fourth-order valence-electron chi connectivity index (χ4n) is 3.70. The Balaban J connectivity index is 1.66. The number of nitrogens with two attached hydrogens (primary N) is 1. The van der Waals surface area contributed by atoms with Gasteiger partial charge >= 0.3 is 5.69 Å². The minimum absolute atomic E-state index is 0.0340. The number of ether oxygens (including phenoxy) is 1. The number of benzene rings is 2. The highest BCUT2D eigenvalue weighted by atomic mass is 16.5. The molecule has 0 aliphatic heterocycles. The van der Waals surface area contributed by atoms with E-state index in [2.05, 4.69) is 10.3 Å². The summed E-state index contributed by atoms with van der Waals surface area (Å²) in [5.74, 6) is -0.600. The van der Waals surface area contributed by atoms with E-state index in [1.807, 2.05) is 30.3 Å². The molecule has 1 heterocycles. The molecule has 0 bridgehead atoms. The Kier molecular flexibility index (Phi) is 7.11. The molecule has 0 spiro atoms. The van der Waals surface area contributed by atoms with Crippen LogP contribution in [0.25, 0.3) is 0 Å². The first kappa shape index (κ1) is 24.0. The number of H-pyrrole nitrogens is 1. The zero-order valence-electron chi connectivity index (χ0n) is 19.3. The third kappa shape index (κ3) is 5.49. The van der Waals surface area contributed by atoms with Gasteiger partial charge in [0.1, 0.15) is 5.82 Å². The van der Waals surface area contributed by atoms with Crippen LogP contribution in [0.1, 0.15) is 28.8 Å². The molecule has 4 rings (SSSR count). The minimum Gasteiger partial charge on any atom is -0.383 e. The fraction of sp³-hybridized carbons (Fsp3) is 0.280. The average Bonchev–Trinajstić information content (AvgIpc) is 3.70. The number of hydrogen-bond acceptors (Lipinski definition) is 6. The van der Waals surface area contributed by atoms with Gasteiger partial charge in [-0.2, -0.15) is 0 Å². The molecule has 2 aromatic carbocycles. The first-order valence-electron chi connectivity index (χ1n) is 11.3. The van der Waals surface area contributed by atoms with E-state index in [1.54, 1.807) is 24.3 Å². The molecule has 182 valence electrons. The van der Waals surface area contributed by atoms with Crippen molar-refractivity contribution in [3.63, 3.8) is 0 Å². The summed E-state index contributed by atoms with van der Waals surface area (Å²) in [7, 11) is 1.48. The molecular formula is C25H27N5O5. The molecule has 3 aromatic rings. The van der Waals surface area contributed by atoms with Crippen molar-refractivity contribution in [2.45, 2.75) is 19.4 Å². The number of rotatable bonds is 9. The molecular weight excluding hydrogens is 450 g/mol. The summed E-state index contributed by atoms with van der Waals surface area (Å²) < 4.78 is 6.36. The number of aromatic nitrogens is 2. The van der Waals surface area contributed by atoms with Gasteiger partial charge in [0, 0.05) is 30.8 Å².